The van der Waals surface area contributed by atoms with Gasteiger partial charge in [0.1, 0.15) is 5.82 Å². The first kappa shape index (κ1) is 10.5. The van der Waals surface area contributed by atoms with Crippen LogP contribution in [0.3, 0.4) is 0 Å². The van der Waals surface area contributed by atoms with Gasteiger partial charge in [-0.15, -0.1) is 0 Å². The fourth-order valence-electron chi connectivity index (χ4n) is 0.919. The number of methoxy groups -OCH3 is 1. The molecule has 0 heterocycles. The van der Waals surface area contributed by atoms with Crippen LogP contribution in [0, 0.1) is 5.82 Å². The molecule has 0 saturated carbocycles. The van der Waals surface area contributed by atoms with Gasteiger partial charge in [-0.25, -0.2) is 9.18 Å². The zero-order chi connectivity index (χ0) is 10.6. The van der Waals surface area contributed by atoms with Crippen LogP contribution in [0.4, 0.5) is 4.39 Å². The highest BCUT2D eigenvalue weighted by Crippen LogP contribution is 2.17. The van der Waals surface area contributed by atoms with Crippen LogP contribution in [0.2, 0.25) is 0 Å². The minimum absolute atomic E-state index is 0.143. The second-order valence-electron chi connectivity index (χ2n) is 2.38. The van der Waals surface area contributed by atoms with E-state index in [0.717, 1.165) is 6.07 Å². The van der Waals surface area contributed by atoms with E-state index < -0.39 is 11.8 Å². The molecule has 0 radical (unpaired) electrons. The summed E-state index contributed by atoms with van der Waals surface area (Å²) in [5.74, 6) is -1.27. The highest BCUT2D eigenvalue weighted by molar-refractivity contribution is 5.89. The number of carbonyl (C=O) groups excluding carboxylic acids is 1. The van der Waals surface area contributed by atoms with E-state index in [4.69, 9.17) is 0 Å². The Kier molecular flexibility index (Phi) is 3.41. The number of rotatable bonds is 3. The number of carbonyl (C=O) groups is 1. The van der Waals surface area contributed by atoms with Crippen molar-refractivity contribution in [1.29, 1.82) is 0 Å². The summed E-state index contributed by atoms with van der Waals surface area (Å²) in [6.45, 7) is 0. The van der Waals surface area contributed by atoms with Crippen LogP contribution in [-0.2, 0) is 9.62 Å². The molecule has 0 bridgehead atoms. The van der Waals surface area contributed by atoms with E-state index >= 15 is 0 Å². The molecule has 0 unspecified atom stereocenters. The van der Waals surface area contributed by atoms with Crippen molar-refractivity contribution in [3.8, 4) is 5.75 Å². The van der Waals surface area contributed by atoms with Crippen LogP contribution in [0.15, 0.2) is 18.2 Å². The molecule has 0 aliphatic rings. The Balaban J connectivity index is 2.95. The third kappa shape index (κ3) is 2.20. The van der Waals surface area contributed by atoms with E-state index in [1.807, 2.05) is 0 Å². The van der Waals surface area contributed by atoms with Crippen LogP contribution in [0.5, 0.6) is 5.75 Å². The molecule has 0 aliphatic carbocycles. The lowest BCUT2D eigenvalue weighted by molar-refractivity contribution is -0.178. The largest absolute Gasteiger partial charge is 0.465 e. The molecule has 1 rings (SSSR count). The van der Waals surface area contributed by atoms with Gasteiger partial charge in [-0.05, 0) is 12.1 Å². The summed E-state index contributed by atoms with van der Waals surface area (Å²) in [4.78, 5) is 19.9. The summed E-state index contributed by atoms with van der Waals surface area (Å²) in [7, 11) is 2.48. The molecule has 4 nitrogen and oxygen atoms in total. The van der Waals surface area contributed by atoms with Crippen LogP contribution >= 0.6 is 0 Å². The Morgan fingerprint density at radius 1 is 1.36 bits per heavy atom. The molecule has 0 spiro atoms. The highest BCUT2D eigenvalue weighted by atomic mass is 19.1. The maximum Gasteiger partial charge on any atom is 0.340 e. The van der Waals surface area contributed by atoms with Gasteiger partial charge in [0, 0.05) is 6.07 Å². The summed E-state index contributed by atoms with van der Waals surface area (Å²) in [6, 6.07) is 3.70. The lowest BCUT2D eigenvalue weighted by Crippen LogP contribution is -2.04. The number of ether oxygens (including phenoxy) is 1. The van der Waals surface area contributed by atoms with Gasteiger partial charge >= 0.3 is 5.97 Å². The van der Waals surface area contributed by atoms with E-state index in [0.29, 0.717) is 0 Å². The molecule has 0 aliphatic heterocycles. The van der Waals surface area contributed by atoms with Crippen LogP contribution in [0.1, 0.15) is 10.4 Å². The predicted molar refractivity (Wildman–Crippen MR) is 45.4 cm³/mol. The average Bonchev–Trinajstić information content (AvgIpc) is 2.17. The highest BCUT2D eigenvalue weighted by Gasteiger charge is 2.12. The smallest absolute Gasteiger partial charge is 0.340 e. The molecule has 1 aromatic carbocycles. The maximum atomic E-state index is 13.2. The Morgan fingerprint density at radius 3 is 2.57 bits per heavy atom. The second-order valence-corrected chi connectivity index (χ2v) is 2.38. The van der Waals surface area contributed by atoms with Crippen molar-refractivity contribution in [3.05, 3.63) is 29.6 Å². The zero-order valence-electron chi connectivity index (χ0n) is 7.74. The number of halogens is 1. The van der Waals surface area contributed by atoms with E-state index in [1.54, 1.807) is 0 Å². The lowest BCUT2D eigenvalue weighted by atomic mass is 10.2. The molecule has 0 fully saturated rings. The van der Waals surface area contributed by atoms with E-state index in [9.17, 15) is 9.18 Å². The molecular formula is C9H9FO4. The molecule has 0 saturated heterocycles. The van der Waals surface area contributed by atoms with Crippen molar-refractivity contribution in [2.45, 2.75) is 0 Å². The molecule has 76 valence electrons. The quantitative estimate of drug-likeness (QED) is 0.422. The molecule has 1 aromatic rings. The number of esters is 1. The van der Waals surface area contributed by atoms with Crippen LogP contribution in [0.25, 0.3) is 0 Å². The minimum Gasteiger partial charge on any atom is -0.465 e. The molecule has 0 N–H and O–H groups in total. The second kappa shape index (κ2) is 4.57. The minimum atomic E-state index is -0.730. The summed E-state index contributed by atoms with van der Waals surface area (Å²) < 4.78 is 17.5. The molecule has 5 heteroatoms. The SMILES string of the molecule is COOc1ccc(C(=O)OC)c(F)c1. The molecule has 0 amide bonds. The third-order valence-corrected chi connectivity index (χ3v) is 1.53. The third-order valence-electron chi connectivity index (χ3n) is 1.53. The first-order valence-corrected chi connectivity index (χ1v) is 3.77. The Bertz CT molecular complexity index is 338. The van der Waals surface area contributed by atoms with E-state index in [2.05, 4.69) is 14.5 Å². The first-order chi connectivity index (χ1) is 6.69. The van der Waals surface area contributed by atoms with Crippen molar-refractivity contribution in [1.82, 2.24) is 0 Å². The van der Waals surface area contributed by atoms with Crippen molar-refractivity contribution in [2.75, 3.05) is 14.2 Å². The van der Waals surface area contributed by atoms with E-state index in [-0.39, 0.29) is 11.3 Å². The van der Waals surface area contributed by atoms with Crippen LogP contribution < -0.4 is 4.89 Å². The summed E-state index contributed by atoms with van der Waals surface area (Å²) in [5.41, 5.74) is -0.143. The summed E-state index contributed by atoms with van der Waals surface area (Å²) >= 11 is 0. The first-order valence-electron chi connectivity index (χ1n) is 3.77. The van der Waals surface area contributed by atoms with Gasteiger partial charge in [0.25, 0.3) is 0 Å². The zero-order valence-corrected chi connectivity index (χ0v) is 7.74. The summed E-state index contributed by atoms with van der Waals surface area (Å²) in [6.07, 6.45) is 0. The number of hydrogen-bond donors (Lipinski definition) is 0. The standard InChI is InChI=1S/C9H9FO4/c1-12-9(11)7-4-3-6(14-13-2)5-8(7)10/h3-5H,1-2H3. The van der Waals surface area contributed by atoms with Gasteiger partial charge in [-0.2, -0.15) is 4.89 Å². The Labute approximate surface area is 80.1 Å². The summed E-state index contributed by atoms with van der Waals surface area (Å²) in [5, 5.41) is 0. The van der Waals surface area contributed by atoms with Crippen molar-refractivity contribution < 1.29 is 23.7 Å². The lowest BCUT2D eigenvalue weighted by Gasteiger charge is -2.03. The Morgan fingerprint density at radius 2 is 2.07 bits per heavy atom. The normalized spacial score (nSPS) is 9.64. The van der Waals surface area contributed by atoms with Gasteiger partial charge in [-0.1, -0.05) is 0 Å². The van der Waals surface area contributed by atoms with Gasteiger partial charge in [0.15, 0.2) is 5.75 Å². The fourth-order valence-corrected chi connectivity index (χ4v) is 0.919. The predicted octanol–water partition coefficient (Wildman–Crippen LogP) is 1.55. The molecule has 0 atom stereocenters. The average molecular weight is 200 g/mol. The molecular weight excluding hydrogens is 191 g/mol. The van der Waals surface area contributed by atoms with Gasteiger partial charge in [0.2, 0.25) is 0 Å². The molecule has 0 aromatic heterocycles. The van der Waals surface area contributed by atoms with Crippen molar-refractivity contribution >= 4 is 5.97 Å². The van der Waals surface area contributed by atoms with Gasteiger partial charge < -0.3 is 9.62 Å². The van der Waals surface area contributed by atoms with Crippen molar-refractivity contribution in [2.24, 2.45) is 0 Å². The monoisotopic (exact) mass is 200 g/mol. The van der Waals surface area contributed by atoms with Crippen LogP contribution in [-0.4, -0.2) is 20.2 Å². The van der Waals surface area contributed by atoms with E-state index in [1.165, 1.54) is 26.4 Å². The topological polar surface area (TPSA) is 44.8 Å². The Hall–Kier alpha value is -1.62. The number of benzene rings is 1. The molecule has 14 heavy (non-hydrogen) atoms. The van der Waals surface area contributed by atoms with Crippen molar-refractivity contribution in [3.63, 3.8) is 0 Å². The van der Waals surface area contributed by atoms with Gasteiger partial charge in [0.05, 0.1) is 19.8 Å². The number of hydrogen-bond acceptors (Lipinski definition) is 4. The van der Waals surface area contributed by atoms with Gasteiger partial charge in [-0.3, -0.25) is 0 Å². The maximum absolute atomic E-state index is 13.2. The fraction of sp³-hybridized carbons (Fsp3) is 0.222.